The molecule has 3 rings (SSSR count). The number of hydrogen-bond acceptors (Lipinski definition) is 5. The number of nitrogens with zero attached hydrogens (tertiary/aromatic N) is 3. The van der Waals surface area contributed by atoms with E-state index in [0.29, 0.717) is 11.4 Å². The summed E-state index contributed by atoms with van der Waals surface area (Å²) in [5.41, 5.74) is 2.01. The number of sulfonamides is 1. The lowest BCUT2D eigenvalue weighted by molar-refractivity contribution is 0.601. The van der Waals surface area contributed by atoms with E-state index in [9.17, 15) is 8.42 Å². The van der Waals surface area contributed by atoms with Gasteiger partial charge in [-0.15, -0.1) is 0 Å². The summed E-state index contributed by atoms with van der Waals surface area (Å²) < 4.78 is 27.3. The molecule has 0 aliphatic carbocycles. The van der Waals surface area contributed by atoms with Crippen LogP contribution in [-0.4, -0.2) is 8.42 Å². The summed E-state index contributed by atoms with van der Waals surface area (Å²) in [7, 11) is -3.77. The third-order valence-electron chi connectivity index (χ3n) is 3.43. The number of anilines is 1. The van der Waals surface area contributed by atoms with Gasteiger partial charge in [0.25, 0.3) is 10.0 Å². The van der Waals surface area contributed by atoms with Crippen molar-refractivity contribution >= 4 is 27.1 Å². The fourth-order valence-corrected chi connectivity index (χ4v) is 3.26. The van der Waals surface area contributed by atoms with E-state index in [1.165, 1.54) is 18.2 Å². The lowest BCUT2D eigenvalue weighted by Crippen LogP contribution is -2.12. The predicted molar refractivity (Wildman–Crippen MR) is 99.0 cm³/mol. The largest absolute Gasteiger partial charge is 0.280 e. The average molecular weight is 362 g/mol. The predicted octanol–water partition coefficient (Wildman–Crippen LogP) is 4.77. The molecule has 0 saturated carbocycles. The summed E-state index contributed by atoms with van der Waals surface area (Å²) in [6.45, 7) is 0. The number of hydrogen-bond donors (Lipinski definition) is 1. The Morgan fingerprint density at radius 3 is 2.12 bits per heavy atom. The quantitative estimate of drug-likeness (QED) is 0.662. The molecule has 6 nitrogen and oxygen atoms in total. The van der Waals surface area contributed by atoms with Gasteiger partial charge < -0.3 is 0 Å². The van der Waals surface area contributed by atoms with Gasteiger partial charge in [-0.05, 0) is 54.6 Å². The molecule has 0 heterocycles. The maximum absolute atomic E-state index is 12.4. The molecule has 3 aromatic carbocycles. The van der Waals surface area contributed by atoms with Crippen molar-refractivity contribution in [2.75, 3.05) is 4.72 Å². The summed E-state index contributed by atoms with van der Waals surface area (Å²) in [5.74, 6) is 0. The first-order valence-corrected chi connectivity index (χ1v) is 9.15. The fourth-order valence-electron chi connectivity index (χ4n) is 2.15. The van der Waals surface area contributed by atoms with Gasteiger partial charge in [0.05, 0.1) is 27.9 Å². The molecular weight excluding hydrogens is 348 g/mol. The van der Waals surface area contributed by atoms with Gasteiger partial charge in [0, 0.05) is 5.69 Å². The van der Waals surface area contributed by atoms with Crippen molar-refractivity contribution < 1.29 is 8.42 Å². The highest BCUT2D eigenvalue weighted by Gasteiger charge is 2.14. The molecule has 7 heteroatoms. The van der Waals surface area contributed by atoms with Crippen LogP contribution < -0.4 is 4.72 Å². The van der Waals surface area contributed by atoms with Crippen LogP contribution in [0.2, 0.25) is 0 Å². The van der Waals surface area contributed by atoms with Gasteiger partial charge in [-0.25, -0.2) is 8.42 Å². The SMILES string of the molecule is N#Cc1cccc(S(=O)(=O)Nc2ccc(N=Nc3ccccc3)cc2)c1. The zero-order valence-electron chi connectivity index (χ0n) is 13.6. The van der Waals surface area contributed by atoms with Gasteiger partial charge in [-0.3, -0.25) is 4.72 Å². The molecule has 1 N–H and O–H groups in total. The molecular formula is C19H14N4O2S. The van der Waals surface area contributed by atoms with Crippen LogP contribution in [0.15, 0.2) is 94.0 Å². The van der Waals surface area contributed by atoms with E-state index in [1.54, 1.807) is 30.3 Å². The molecule has 0 radical (unpaired) electrons. The topological polar surface area (TPSA) is 94.7 Å². The van der Waals surface area contributed by atoms with Gasteiger partial charge in [-0.2, -0.15) is 15.5 Å². The number of rotatable bonds is 5. The van der Waals surface area contributed by atoms with Crippen molar-refractivity contribution in [3.05, 3.63) is 84.4 Å². The standard InChI is InChI=1S/C19H14N4O2S/c20-14-15-5-4-8-19(13-15)26(24,25)23-18-11-9-17(10-12-18)22-21-16-6-2-1-3-7-16/h1-13,23H. The smallest absolute Gasteiger partial charge is 0.261 e. The Morgan fingerprint density at radius 2 is 1.46 bits per heavy atom. The Labute approximate surface area is 151 Å². The molecule has 0 bridgehead atoms. The van der Waals surface area contributed by atoms with E-state index in [1.807, 2.05) is 36.4 Å². The molecule has 0 saturated heterocycles. The second kappa shape index (κ2) is 7.59. The first kappa shape index (κ1) is 17.3. The Balaban J connectivity index is 1.74. The van der Waals surface area contributed by atoms with E-state index in [0.717, 1.165) is 5.69 Å². The minimum Gasteiger partial charge on any atom is -0.280 e. The third-order valence-corrected chi connectivity index (χ3v) is 4.81. The normalized spacial score (nSPS) is 11.2. The van der Waals surface area contributed by atoms with Crippen molar-refractivity contribution in [2.24, 2.45) is 10.2 Å². The van der Waals surface area contributed by atoms with Crippen LogP contribution in [0.3, 0.4) is 0 Å². The Hall–Kier alpha value is -3.50. The maximum Gasteiger partial charge on any atom is 0.261 e. The molecule has 0 spiro atoms. The highest BCUT2D eigenvalue weighted by Crippen LogP contribution is 2.22. The first-order valence-electron chi connectivity index (χ1n) is 7.67. The van der Waals surface area contributed by atoms with Crippen LogP contribution in [0.4, 0.5) is 17.1 Å². The number of azo groups is 1. The molecule has 128 valence electrons. The Morgan fingerprint density at radius 1 is 0.808 bits per heavy atom. The van der Waals surface area contributed by atoms with Crippen LogP contribution in [0.5, 0.6) is 0 Å². The van der Waals surface area contributed by atoms with Gasteiger partial charge in [0.15, 0.2) is 0 Å². The van der Waals surface area contributed by atoms with Crippen molar-refractivity contribution in [3.63, 3.8) is 0 Å². The Bertz CT molecular complexity index is 1070. The second-order valence-electron chi connectivity index (χ2n) is 5.33. The average Bonchev–Trinajstić information content (AvgIpc) is 2.68. The molecule has 0 aliphatic heterocycles. The van der Waals surface area contributed by atoms with Gasteiger partial charge in [0.2, 0.25) is 0 Å². The number of nitrogens with one attached hydrogen (secondary N) is 1. The lowest BCUT2D eigenvalue weighted by atomic mass is 10.2. The van der Waals surface area contributed by atoms with Crippen molar-refractivity contribution in [1.29, 1.82) is 5.26 Å². The number of benzene rings is 3. The van der Waals surface area contributed by atoms with Crippen molar-refractivity contribution in [3.8, 4) is 6.07 Å². The van der Waals surface area contributed by atoms with Crippen LogP contribution in [0.1, 0.15) is 5.56 Å². The monoisotopic (exact) mass is 362 g/mol. The summed E-state index contributed by atoms with van der Waals surface area (Å²) in [5, 5.41) is 17.1. The van der Waals surface area contributed by atoms with Crippen LogP contribution >= 0.6 is 0 Å². The molecule has 0 aliphatic rings. The van der Waals surface area contributed by atoms with Gasteiger partial charge in [0.1, 0.15) is 0 Å². The summed E-state index contributed by atoms with van der Waals surface area (Å²) >= 11 is 0. The van der Waals surface area contributed by atoms with E-state index in [4.69, 9.17) is 5.26 Å². The minimum absolute atomic E-state index is 0.0318. The highest BCUT2D eigenvalue weighted by atomic mass is 32.2. The molecule has 0 fully saturated rings. The van der Waals surface area contributed by atoms with Crippen molar-refractivity contribution in [1.82, 2.24) is 0 Å². The zero-order chi connectivity index (χ0) is 18.4. The maximum atomic E-state index is 12.4. The summed E-state index contributed by atoms with van der Waals surface area (Å²) in [6, 6.07) is 23.6. The van der Waals surface area contributed by atoms with Crippen molar-refractivity contribution in [2.45, 2.75) is 4.90 Å². The minimum atomic E-state index is -3.77. The van der Waals surface area contributed by atoms with E-state index in [2.05, 4.69) is 15.0 Å². The molecule has 0 amide bonds. The van der Waals surface area contributed by atoms with E-state index in [-0.39, 0.29) is 10.5 Å². The third kappa shape index (κ3) is 4.32. The molecule has 0 atom stereocenters. The highest BCUT2D eigenvalue weighted by molar-refractivity contribution is 7.92. The molecule has 26 heavy (non-hydrogen) atoms. The van der Waals surface area contributed by atoms with Crippen LogP contribution in [0, 0.1) is 11.3 Å². The van der Waals surface area contributed by atoms with Crippen LogP contribution in [0.25, 0.3) is 0 Å². The lowest BCUT2D eigenvalue weighted by Gasteiger charge is -2.08. The first-order chi connectivity index (χ1) is 12.6. The summed E-state index contributed by atoms with van der Waals surface area (Å²) in [6.07, 6.45) is 0. The van der Waals surface area contributed by atoms with Gasteiger partial charge in [-0.1, -0.05) is 24.3 Å². The van der Waals surface area contributed by atoms with E-state index >= 15 is 0 Å². The van der Waals surface area contributed by atoms with E-state index < -0.39 is 10.0 Å². The molecule has 3 aromatic rings. The zero-order valence-corrected chi connectivity index (χ0v) is 14.4. The summed E-state index contributed by atoms with van der Waals surface area (Å²) in [4.78, 5) is 0.0318. The fraction of sp³-hybridized carbons (Fsp3) is 0. The Kier molecular flexibility index (Phi) is 5.06. The molecule has 0 aromatic heterocycles. The van der Waals surface area contributed by atoms with Crippen LogP contribution in [-0.2, 0) is 10.0 Å². The molecule has 0 unspecified atom stereocenters. The van der Waals surface area contributed by atoms with Gasteiger partial charge >= 0.3 is 0 Å². The number of nitriles is 1. The second-order valence-corrected chi connectivity index (χ2v) is 7.01.